The lowest BCUT2D eigenvalue weighted by Crippen LogP contribution is -2.40. The predicted octanol–water partition coefficient (Wildman–Crippen LogP) is 2.80. The summed E-state index contributed by atoms with van der Waals surface area (Å²) in [4.78, 5) is 14.2. The first kappa shape index (κ1) is 18.2. The molecule has 6 nitrogen and oxygen atoms in total. The molecule has 0 aliphatic carbocycles. The third-order valence-electron chi connectivity index (χ3n) is 6.08. The maximum absolute atomic E-state index is 11.9. The number of carboxylic acid groups (broad SMARTS) is 1. The standard InChI is InChI=1S/C21H27N3O3/c1-15-10-16(2)24(22-15)18-5-3-4-17(11-18)12-23-13-19(20(25)26)21(14-23)6-8-27-9-7-21/h3-5,10-11,19H,6-9,12-14H2,1-2H3,(H,25,26). The van der Waals surface area contributed by atoms with Crippen LogP contribution in [0.15, 0.2) is 30.3 Å². The van der Waals surface area contributed by atoms with Gasteiger partial charge in [0.2, 0.25) is 0 Å². The van der Waals surface area contributed by atoms with E-state index in [4.69, 9.17) is 4.74 Å². The topological polar surface area (TPSA) is 67.6 Å². The van der Waals surface area contributed by atoms with Crippen molar-refractivity contribution in [2.75, 3.05) is 26.3 Å². The number of hydrogen-bond donors (Lipinski definition) is 1. The normalized spacial score (nSPS) is 22.4. The fraction of sp³-hybridized carbons (Fsp3) is 0.524. The summed E-state index contributed by atoms with van der Waals surface area (Å²) in [5, 5.41) is 14.3. The van der Waals surface area contributed by atoms with Crippen LogP contribution in [0.1, 0.15) is 29.8 Å². The van der Waals surface area contributed by atoms with E-state index in [1.54, 1.807) is 0 Å². The van der Waals surface area contributed by atoms with Gasteiger partial charge in [-0.3, -0.25) is 9.69 Å². The molecule has 2 saturated heterocycles. The second-order valence-corrected chi connectivity index (χ2v) is 8.04. The summed E-state index contributed by atoms with van der Waals surface area (Å²) in [6.07, 6.45) is 1.68. The first-order chi connectivity index (χ1) is 13.0. The van der Waals surface area contributed by atoms with E-state index in [2.05, 4.69) is 47.3 Å². The van der Waals surface area contributed by atoms with Crippen molar-refractivity contribution < 1.29 is 14.6 Å². The highest BCUT2D eigenvalue weighted by Crippen LogP contribution is 2.44. The molecule has 0 bridgehead atoms. The van der Waals surface area contributed by atoms with Gasteiger partial charge in [-0.15, -0.1) is 0 Å². The average molecular weight is 369 g/mol. The second kappa shape index (κ2) is 7.09. The van der Waals surface area contributed by atoms with E-state index in [1.165, 1.54) is 5.56 Å². The minimum absolute atomic E-state index is 0.141. The minimum Gasteiger partial charge on any atom is -0.481 e. The molecule has 27 heavy (non-hydrogen) atoms. The van der Waals surface area contributed by atoms with Crippen molar-refractivity contribution in [3.8, 4) is 5.69 Å². The number of aliphatic carboxylic acids is 1. The molecule has 2 aromatic rings. The Labute approximate surface area is 159 Å². The maximum atomic E-state index is 11.9. The smallest absolute Gasteiger partial charge is 0.308 e. The average Bonchev–Trinajstić information content (AvgIpc) is 3.15. The molecule has 0 radical (unpaired) electrons. The number of nitrogens with zero attached hydrogens (tertiary/aromatic N) is 3. The molecule has 1 atom stereocenters. The molecule has 1 unspecified atom stereocenters. The zero-order valence-corrected chi connectivity index (χ0v) is 16.0. The van der Waals surface area contributed by atoms with Crippen LogP contribution in [0.4, 0.5) is 0 Å². The Balaban J connectivity index is 1.53. The van der Waals surface area contributed by atoms with Gasteiger partial charge in [-0.1, -0.05) is 12.1 Å². The fourth-order valence-electron chi connectivity index (χ4n) is 4.75. The Morgan fingerprint density at radius 1 is 1.30 bits per heavy atom. The van der Waals surface area contributed by atoms with Crippen LogP contribution in [0, 0.1) is 25.2 Å². The lowest BCUT2D eigenvalue weighted by molar-refractivity contribution is -0.147. The Bertz CT molecular complexity index is 839. The van der Waals surface area contributed by atoms with Crippen molar-refractivity contribution in [3.05, 3.63) is 47.3 Å². The maximum Gasteiger partial charge on any atom is 0.308 e. The molecule has 2 fully saturated rings. The second-order valence-electron chi connectivity index (χ2n) is 8.04. The summed E-state index contributed by atoms with van der Waals surface area (Å²) in [5.74, 6) is -0.976. The Kier molecular flexibility index (Phi) is 4.78. The summed E-state index contributed by atoms with van der Waals surface area (Å²) >= 11 is 0. The quantitative estimate of drug-likeness (QED) is 0.898. The van der Waals surface area contributed by atoms with E-state index in [0.29, 0.717) is 19.8 Å². The lowest BCUT2D eigenvalue weighted by Gasteiger charge is -2.36. The molecule has 0 saturated carbocycles. The number of ether oxygens (including phenoxy) is 1. The third-order valence-corrected chi connectivity index (χ3v) is 6.08. The first-order valence-corrected chi connectivity index (χ1v) is 9.62. The summed E-state index contributed by atoms with van der Waals surface area (Å²) in [6, 6.07) is 10.5. The third kappa shape index (κ3) is 3.51. The van der Waals surface area contributed by atoms with Crippen LogP contribution in [-0.4, -0.2) is 52.1 Å². The number of likely N-dealkylation sites (tertiary alicyclic amines) is 1. The number of aryl methyl sites for hydroxylation is 2. The molecule has 2 aliphatic rings. The lowest BCUT2D eigenvalue weighted by atomic mass is 9.72. The number of hydrogen-bond acceptors (Lipinski definition) is 4. The molecule has 1 spiro atoms. The van der Waals surface area contributed by atoms with Crippen molar-refractivity contribution in [2.24, 2.45) is 11.3 Å². The van der Waals surface area contributed by atoms with Crippen LogP contribution in [0.25, 0.3) is 5.69 Å². The van der Waals surface area contributed by atoms with Crippen molar-refractivity contribution in [2.45, 2.75) is 33.2 Å². The number of benzene rings is 1. The summed E-state index contributed by atoms with van der Waals surface area (Å²) in [5.41, 5.74) is 4.21. The van der Waals surface area contributed by atoms with Crippen molar-refractivity contribution in [3.63, 3.8) is 0 Å². The molecule has 3 heterocycles. The fourth-order valence-corrected chi connectivity index (χ4v) is 4.75. The number of aromatic nitrogens is 2. The van der Waals surface area contributed by atoms with E-state index < -0.39 is 5.97 Å². The number of carboxylic acids is 1. The molecular weight excluding hydrogens is 342 g/mol. The zero-order valence-electron chi connectivity index (χ0n) is 16.0. The highest BCUT2D eigenvalue weighted by Gasteiger charge is 2.50. The molecule has 2 aliphatic heterocycles. The van der Waals surface area contributed by atoms with E-state index in [9.17, 15) is 9.90 Å². The Morgan fingerprint density at radius 3 is 2.74 bits per heavy atom. The van der Waals surface area contributed by atoms with Crippen LogP contribution in [0.3, 0.4) is 0 Å². The molecular formula is C21H27N3O3. The van der Waals surface area contributed by atoms with Crippen LogP contribution in [0.2, 0.25) is 0 Å². The minimum atomic E-state index is -0.671. The van der Waals surface area contributed by atoms with E-state index in [1.807, 2.05) is 11.6 Å². The SMILES string of the molecule is Cc1cc(C)n(-c2cccc(CN3CC(C(=O)O)C4(CCOCC4)C3)c2)n1. The van der Waals surface area contributed by atoms with Crippen LogP contribution in [-0.2, 0) is 16.1 Å². The molecule has 1 N–H and O–H groups in total. The largest absolute Gasteiger partial charge is 0.481 e. The molecule has 6 heteroatoms. The van der Waals surface area contributed by atoms with Crippen molar-refractivity contribution in [1.29, 1.82) is 0 Å². The van der Waals surface area contributed by atoms with E-state index in [0.717, 1.165) is 43.0 Å². The van der Waals surface area contributed by atoms with Gasteiger partial charge >= 0.3 is 5.97 Å². The van der Waals surface area contributed by atoms with Gasteiger partial charge in [-0.2, -0.15) is 5.10 Å². The Morgan fingerprint density at radius 2 is 2.07 bits per heavy atom. The van der Waals surface area contributed by atoms with Crippen molar-refractivity contribution >= 4 is 5.97 Å². The Hall–Kier alpha value is -2.18. The highest BCUT2D eigenvalue weighted by atomic mass is 16.5. The zero-order chi connectivity index (χ0) is 19.0. The summed E-state index contributed by atoms with van der Waals surface area (Å²) in [7, 11) is 0. The molecule has 144 valence electrons. The first-order valence-electron chi connectivity index (χ1n) is 9.62. The number of rotatable bonds is 4. The van der Waals surface area contributed by atoms with E-state index >= 15 is 0 Å². The predicted molar refractivity (Wildman–Crippen MR) is 102 cm³/mol. The molecule has 1 aromatic carbocycles. The monoisotopic (exact) mass is 369 g/mol. The van der Waals surface area contributed by atoms with Gasteiger partial charge in [0.05, 0.1) is 17.3 Å². The van der Waals surface area contributed by atoms with Crippen molar-refractivity contribution in [1.82, 2.24) is 14.7 Å². The van der Waals surface area contributed by atoms with Crippen LogP contribution < -0.4 is 0 Å². The molecule has 1 aromatic heterocycles. The van der Waals surface area contributed by atoms with Crippen LogP contribution >= 0.6 is 0 Å². The van der Waals surface area contributed by atoms with Gasteiger partial charge in [-0.25, -0.2) is 4.68 Å². The van der Waals surface area contributed by atoms with Gasteiger partial charge < -0.3 is 9.84 Å². The molecule has 0 amide bonds. The van der Waals surface area contributed by atoms with Gasteiger partial charge in [0.25, 0.3) is 0 Å². The number of carbonyl (C=O) groups is 1. The van der Waals surface area contributed by atoms with Crippen LogP contribution in [0.5, 0.6) is 0 Å². The van der Waals surface area contributed by atoms with E-state index in [-0.39, 0.29) is 11.3 Å². The summed E-state index contributed by atoms with van der Waals surface area (Å²) in [6.45, 7) is 7.60. The van der Waals surface area contributed by atoms with Gasteiger partial charge in [0, 0.05) is 44.0 Å². The molecule has 4 rings (SSSR count). The summed E-state index contributed by atoms with van der Waals surface area (Å²) < 4.78 is 7.46. The van der Waals surface area contributed by atoms with Gasteiger partial charge in [0.15, 0.2) is 0 Å². The highest BCUT2D eigenvalue weighted by molar-refractivity contribution is 5.72. The van der Waals surface area contributed by atoms with Gasteiger partial charge in [-0.05, 0) is 50.5 Å². The van der Waals surface area contributed by atoms with Gasteiger partial charge in [0.1, 0.15) is 0 Å².